The molecule has 4 aromatic rings. The Bertz CT molecular complexity index is 1380. The van der Waals surface area contributed by atoms with Gasteiger partial charge in [0.25, 0.3) is 11.1 Å². The van der Waals surface area contributed by atoms with Crippen molar-refractivity contribution in [1.29, 1.82) is 0 Å². The number of nitrogens with one attached hydrogen (secondary N) is 1. The minimum absolute atomic E-state index is 0.0855. The molecule has 0 saturated carbocycles. The van der Waals surface area contributed by atoms with E-state index in [9.17, 15) is 9.59 Å². The van der Waals surface area contributed by atoms with E-state index in [4.69, 9.17) is 4.98 Å². The molecule has 5 rings (SSSR count). The molecule has 4 heterocycles. The van der Waals surface area contributed by atoms with E-state index in [1.807, 2.05) is 16.0 Å². The van der Waals surface area contributed by atoms with Gasteiger partial charge in [-0.25, -0.2) is 9.97 Å². The van der Waals surface area contributed by atoms with Gasteiger partial charge < -0.3 is 4.98 Å². The number of thioether (sulfide) groups is 1. The van der Waals surface area contributed by atoms with Crippen LogP contribution < -0.4 is 11.1 Å². The lowest BCUT2D eigenvalue weighted by atomic mass is 9.97. The van der Waals surface area contributed by atoms with E-state index in [0.29, 0.717) is 33.9 Å². The number of thiophene rings is 2. The summed E-state index contributed by atoms with van der Waals surface area (Å²) in [6.07, 6.45) is 5.28. The van der Waals surface area contributed by atoms with Crippen LogP contribution in [0, 0.1) is 5.92 Å². The van der Waals surface area contributed by atoms with Crippen LogP contribution in [0.4, 0.5) is 0 Å². The molecular weight excluding hydrogens is 448 g/mol. The molecule has 31 heavy (non-hydrogen) atoms. The van der Waals surface area contributed by atoms with Crippen molar-refractivity contribution in [1.82, 2.24) is 19.5 Å². The predicted octanol–water partition coefficient (Wildman–Crippen LogP) is 4.97. The highest BCUT2D eigenvalue weighted by Gasteiger charge is 2.22. The first kappa shape index (κ1) is 20.9. The van der Waals surface area contributed by atoms with Gasteiger partial charge in [0, 0.05) is 11.4 Å². The maximum Gasteiger partial charge on any atom is 0.268 e. The van der Waals surface area contributed by atoms with Gasteiger partial charge in [0.05, 0.1) is 16.7 Å². The number of fused-ring (bicyclic) bond motifs is 4. The molecule has 1 aliphatic carbocycles. The van der Waals surface area contributed by atoms with Crippen LogP contribution in [-0.4, -0.2) is 19.5 Å². The van der Waals surface area contributed by atoms with Gasteiger partial charge in [-0.2, -0.15) is 0 Å². The Hall–Kier alpha value is -1.97. The summed E-state index contributed by atoms with van der Waals surface area (Å²) in [5.41, 5.74) is 1.92. The minimum Gasteiger partial charge on any atom is -0.309 e. The Morgan fingerprint density at radius 3 is 2.90 bits per heavy atom. The highest BCUT2D eigenvalue weighted by Crippen LogP contribution is 2.35. The van der Waals surface area contributed by atoms with E-state index in [-0.39, 0.29) is 11.1 Å². The molecule has 0 spiro atoms. The lowest BCUT2D eigenvalue weighted by molar-refractivity contribution is 0.481. The Morgan fingerprint density at radius 2 is 2.06 bits per heavy atom. The average Bonchev–Trinajstić information content (AvgIpc) is 3.36. The number of hydrogen-bond acceptors (Lipinski definition) is 7. The Labute approximate surface area is 191 Å². The molecule has 162 valence electrons. The number of aromatic amines is 1. The maximum absolute atomic E-state index is 13.5. The molecule has 0 unspecified atom stereocenters. The lowest BCUT2D eigenvalue weighted by Crippen LogP contribution is -2.24. The Balaban J connectivity index is 1.54. The first-order chi connectivity index (χ1) is 15.0. The second-order valence-electron chi connectivity index (χ2n) is 8.36. The number of aryl methyl sites for hydroxylation is 2. The van der Waals surface area contributed by atoms with Crippen molar-refractivity contribution in [2.75, 3.05) is 0 Å². The maximum atomic E-state index is 13.5. The van der Waals surface area contributed by atoms with Crippen molar-refractivity contribution in [3.05, 3.63) is 48.4 Å². The van der Waals surface area contributed by atoms with Gasteiger partial charge in [0.2, 0.25) is 0 Å². The molecule has 0 radical (unpaired) electrons. The molecular formula is C22H24N4O2S3. The fourth-order valence-corrected chi connectivity index (χ4v) is 6.96. The van der Waals surface area contributed by atoms with Crippen LogP contribution in [0.2, 0.25) is 0 Å². The summed E-state index contributed by atoms with van der Waals surface area (Å²) in [6.45, 7) is 4.99. The topological polar surface area (TPSA) is 80.6 Å². The molecule has 0 bridgehead atoms. The SMILES string of the molecule is CC(C)CCn1c(SCc2nc3ccsc3c(=O)[nH]2)nc2sc3c(c2c1=O)CCCC3. The molecule has 1 N–H and O–H groups in total. The van der Waals surface area contributed by atoms with Crippen molar-refractivity contribution in [3.8, 4) is 0 Å². The first-order valence-corrected chi connectivity index (χ1v) is 13.3. The van der Waals surface area contributed by atoms with E-state index in [1.165, 1.54) is 40.0 Å². The number of H-pyrrole nitrogens is 1. The molecule has 4 aromatic heterocycles. The van der Waals surface area contributed by atoms with Crippen LogP contribution >= 0.6 is 34.4 Å². The monoisotopic (exact) mass is 472 g/mol. The summed E-state index contributed by atoms with van der Waals surface area (Å²) in [6, 6.07) is 1.86. The number of nitrogens with zero attached hydrogens (tertiary/aromatic N) is 3. The van der Waals surface area contributed by atoms with E-state index in [2.05, 4.69) is 23.8 Å². The molecule has 0 saturated heterocycles. The number of rotatable bonds is 6. The van der Waals surface area contributed by atoms with Gasteiger partial charge >= 0.3 is 0 Å². The van der Waals surface area contributed by atoms with Crippen LogP contribution in [0.5, 0.6) is 0 Å². The third-order valence-electron chi connectivity index (χ3n) is 5.67. The van der Waals surface area contributed by atoms with E-state index in [1.54, 1.807) is 11.3 Å². The third kappa shape index (κ3) is 3.99. The van der Waals surface area contributed by atoms with Crippen molar-refractivity contribution in [2.45, 2.75) is 63.4 Å². The molecule has 0 aromatic carbocycles. The lowest BCUT2D eigenvalue weighted by Gasteiger charge is -2.14. The standard InChI is InChI=1S/C22H24N4O2S3/c1-12(2)7-9-26-21(28)17-13-5-3-4-6-15(13)31-20(17)25-22(26)30-11-16-23-14-8-10-29-18(14)19(27)24-16/h8,10,12H,3-7,9,11H2,1-2H3,(H,23,24,27). The number of hydrogen-bond donors (Lipinski definition) is 1. The molecule has 9 heteroatoms. The second kappa shape index (κ2) is 8.52. The fraction of sp³-hybridized carbons (Fsp3) is 0.455. The summed E-state index contributed by atoms with van der Waals surface area (Å²) in [7, 11) is 0. The normalized spacial score (nSPS) is 14.0. The van der Waals surface area contributed by atoms with Crippen molar-refractivity contribution in [2.24, 2.45) is 5.92 Å². The van der Waals surface area contributed by atoms with Gasteiger partial charge in [-0.3, -0.25) is 14.2 Å². The summed E-state index contributed by atoms with van der Waals surface area (Å²) >= 11 is 4.55. The largest absolute Gasteiger partial charge is 0.309 e. The highest BCUT2D eigenvalue weighted by molar-refractivity contribution is 7.98. The van der Waals surface area contributed by atoms with E-state index < -0.39 is 0 Å². The Morgan fingerprint density at radius 1 is 1.23 bits per heavy atom. The van der Waals surface area contributed by atoms with Gasteiger partial charge in [-0.1, -0.05) is 25.6 Å². The van der Waals surface area contributed by atoms with Crippen molar-refractivity contribution in [3.63, 3.8) is 0 Å². The smallest absolute Gasteiger partial charge is 0.268 e. The molecule has 0 amide bonds. The summed E-state index contributed by atoms with van der Waals surface area (Å²) < 4.78 is 2.49. The van der Waals surface area contributed by atoms with Gasteiger partial charge in [-0.05, 0) is 55.0 Å². The molecule has 6 nitrogen and oxygen atoms in total. The van der Waals surface area contributed by atoms with Crippen LogP contribution in [0.1, 0.15) is 49.4 Å². The molecule has 1 aliphatic rings. The summed E-state index contributed by atoms with van der Waals surface area (Å²) in [4.78, 5) is 40.4. The molecule has 0 aliphatic heterocycles. The van der Waals surface area contributed by atoms with E-state index in [0.717, 1.165) is 41.4 Å². The van der Waals surface area contributed by atoms with Crippen LogP contribution in [-0.2, 0) is 25.1 Å². The fourth-order valence-electron chi connectivity index (χ4n) is 4.04. The van der Waals surface area contributed by atoms with Crippen molar-refractivity contribution >= 4 is 54.9 Å². The van der Waals surface area contributed by atoms with Crippen LogP contribution in [0.15, 0.2) is 26.2 Å². The predicted molar refractivity (Wildman–Crippen MR) is 130 cm³/mol. The number of aromatic nitrogens is 4. The first-order valence-electron chi connectivity index (χ1n) is 10.7. The second-order valence-corrected chi connectivity index (χ2v) is 11.3. The average molecular weight is 473 g/mol. The third-order valence-corrected chi connectivity index (χ3v) is 8.75. The summed E-state index contributed by atoms with van der Waals surface area (Å²) in [5.74, 6) is 1.57. The zero-order valence-corrected chi connectivity index (χ0v) is 20.0. The zero-order valence-electron chi connectivity index (χ0n) is 17.6. The Kier molecular flexibility index (Phi) is 5.75. The zero-order chi connectivity index (χ0) is 21.5. The van der Waals surface area contributed by atoms with Gasteiger partial charge in [-0.15, -0.1) is 22.7 Å². The van der Waals surface area contributed by atoms with Crippen LogP contribution in [0.25, 0.3) is 20.4 Å². The van der Waals surface area contributed by atoms with E-state index >= 15 is 0 Å². The summed E-state index contributed by atoms with van der Waals surface area (Å²) in [5, 5.41) is 3.42. The quantitative estimate of drug-likeness (QED) is 0.316. The van der Waals surface area contributed by atoms with Gasteiger partial charge in [0.15, 0.2) is 5.16 Å². The highest BCUT2D eigenvalue weighted by atomic mass is 32.2. The minimum atomic E-state index is -0.109. The van der Waals surface area contributed by atoms with Crippen LogP contribution in [0.3, 0.4) is 0 Å². The van der Waals surface area contributed by atoms with Crippen molar-refractivity contribution < 1.29 is 0 Å². The van der Waals surface area contributed by atoms with Gasteiger partial charge in [0.1, 0.15) is 15.4 Å². The molecule has 0 atom stereocenters. The molecule has 0 fully saturated rings.